The summed E-state index contributed by atoms with van der Waals surface area (Å²) in [4.78, 5) is 22.7. The van der Waals surface area contributed by atoms with E-state index in [1.165, 1.54) is 23.4 Å². The molecule has 1 aliphatic rings. The van der Waals surface area contributed by atoms with E-state index >= 15 is 0 Å². The molecule has 33 heavy (non-hydrogen) atoms. The lowest BCUT2D eigenvalue weighted by molar-refractivity contribution is -0.128. The van der Waals surface area contributed by atoms with E-state index < -0.39 is 18.0 Å². The van der Waals surface area contributed by atoms with Crippen LogP contribution in [-0.2, 0) is 11.8 Å². The first kappa shape index (κ1) is 22.6. The van der Waals surface area contributed by atoms with Crippen molar-refractivity contribution in [2.24, 2.45) is 7.05 Å². The van der Waals surface area contributed by atoms with Crippen molar-refractivity contribution in [1.82, 2.24) is 24.6 Å². The quantitative estimate of drug-likeness (QED) is 0.380. The van der Waals surface area contributed by atoms with Crippen molar-refractivity contribution in [2.75, 3.05) is 13.2 Å². The molecule has 0 spiro atoms. The molecule has 0 bridgehead atoms. The van der Waals surface area contributed by atoms with E-state index in [9.17, 15) is 13.6 Å². The summed E-state index contributed by atoms with van der Waals surface area (Å²) in [6, 6.07) is 7.19. The number of rotatable bonds is 8. The van der Waals surface area contributed by atoms with Gasteiger partial charge in [-0.05, 0) is 30.5 Å². The maximum Gasteiger partial charge on any atom is 0.249 e. The first-order chi connectivity index (χ1) is 15.9. The van der Waals surface area contributed by atoms with Gasteiger partial charge in [0.15, 0.2) is 0 Å². The minimum atomic E-state index is -1.15. The Morgan fingerprint density at radius 1 is 1.30 bits per heavy atom. The smallest absolute Gasteiger partial charge is 0.249 e. The summed E-state index contributed by atoms with van der Waals surface area (Å²) in [6.45, 7) is 4.20. The van der Waals surface area contributed by atoms with Crippen molar-refractivity contribution in [2.45, 2.75) is 31.5 Å². The molecule has 1 fully saturated rings. The third-order valence-corrected chi connectivity index (χ3v) is 5.56. The summed E-state index contributed by atoms with van der Waals surface area (Å²) in [5.41, 5.74) is 2.51. The Balaban J connectivity index is 1.30. The lowest BCUT2D eigenvalue weighted by Gasteiger charge is -2.25. The van der Waals surface area contributed by atoms with Gasteiger partial charge < -0.3 is 9.64 Å². The highest BCUT2D eigenvalue weighted by molar-refractivity contribution is 5.93. The van der Waals surface area contributed by atoms with Crippen LogP contribution in [0.3, 0.4) is 0 Å². The number of aryl methyl sites for hydroxylation is 1. The average molecular weight is 453 g/mol. The van der Waals surface area contributed by atoms with Gasteiger partial charge in [0.1, 0.15) is 18.3 Å². The van der Waals surface area contributed by atoms with Crippen LogP contribution >= 0.6 is 0 Å². The Hall–Kier alpha value is -3.62. The highest BCUT2D eigenvalue weighted by Crippen LogP contribution is 2.35. The Bertz CT molecular complexity index is 1150. The van der Waals surface area contributed by atoms with Gasteiger partial charge in [0.25, 0.3) is 0 Å². The molecule has 4 rings (SSSR count). The number of ether oxygens (including phenoxy) is 1. The molecule has 1 saturated heterocycles. The zero-order chi connectivity index (χ0) is 23.4. The lowest BCUT2D eigenvalue weighted by atomic mass is 10.0. The zero-order valence-electron chi connectivity index (χ0n) is 18.3. The highest BCUT2D eigenvalue weighted by Gasteiger charge is 2.37. The van der Waals surface area contributed by atoms with Gasteiger partial charge >= 0.3 is 0 Å². The summed E-state index contributed by atoms with van der Waals surface area (Å²) >= 11 is 0. The van der Waals surface area contributed by atoms with E-state index in [0.717, 1.165) is 5.56 Å². The molecule has 1 amide bonds. The lowest BCUT2D eigenvalue weighted by Crippen LogP contribution is -2.32. The minimum Gasteiger partial charge on any atom is -0.478 e. The molecule has 0 aliphatic carbocycles. The topological polar surface area (TPSA) is 73.1 Å². The molecule has 7 nitrogen and oxygen atoms in total. The summed E-state index contributed by atoms with van der Waals surface area (Å²) < 4.78 is 35.2. The Morgan fingerprint density at radius 2 is 2.15 bits per heavy atom. The van der Waals surface area contributed by atoms with Gasteiger partial charge in [0.2, 0.25) is 11.8 Å². The van der Waals surface area contributed by atoms with Gasteiger partial charge in [-0.25, -0.2) is 18.7 Å². The van der Waals surface area contributed by atoms with Crippen LogP contribution in [0.5, 0.6) is 5.88 Å². The fraction of sp³-hybridized carbons (Fsp3) is 0.333. The predicted molar refractivity (Wildman–Crippen MR) is 118 cm³/mol. The van der Waals surface area contributed by atoms with Crippen molar-refractivity contribution in [3.05, 3.63) is 72.6 Å². The van der Waals surface area contributed by atoms with E-state index in [1.54, 1.807) is 29.1 Å². The predicted octanol–water partition coefficient (Wildman–Crippen LogP) is 4.04. The molecule has 2 unspecified atom stereocenters. The fourth-order valence-electron chi connectivity index (χ4n) is 3.94. The molecular weight excluding hydrogens is 428 g/mol. The molecule has 2 atom stereocenters. The van der Waals surface area contributed by atoms with Gasteiger partial charge in [-0.1, -0.05) is 18.7 Å². The largest absolute Gasteiger partial charge is 0.478 e. The molecule has 2 aromatic heterocycles. The van der Waals surface area contributed by atoms with E-state index in [4.69, 9.17) is 4.74 Å². The maximum absolute atomic E-state index is 14.1. The Morgan fingerprint density at radius 3 is 2.91 bits per heavy atom. The number of alkyl halides is 1. The number of hydrogen-bond donors (Lipinski definition) is 0. The molecule has 3 heterocycles. The standard InChI is InChI=1S/C24H25F2N5O2/c1-16(24(32)31-14-20(26)10-22(31)17-6-3-7-19(25)9-17)5-4-8-33-23-11-21(27-15-28-23)18-12-29-30(2)13-18/h3,6-7,9,11-13,15,20,22H,1,4-5,8,10,14H2,2H3. The number of benzene rings is 1. The van der Waals surface area contributed by atoms with Crippen molar-refractivity contribution >= 4 is 5.91 Å². The van der Waals surface area contributed by atoms with E-state index in [-0.39, 0.29) is 18.9 Å². The molecule has 9 heteroatoms. The van der Waals surface area contributed by atoms with Crippen LogP contribution < -0.4 is 4.74 Å². The van der Waals surface area contributed by atoms with Crippen LogP contribution in [-0.4, -0.2) is 49.9 Å². The molecule has 0 saturated carbocycles. The van der Waals surface area contributed by atoms with Crippen LogP contribution in [0, 0.1) is 5.82 Å². The second-order valence-corrected chi connectivity index (χ2v) is 8.06. The van der Waals surface area contributed by atoms with Crippen molar-refractivity contribution in [3.8, 4) is 17.1 Å². The van der Waals surface area contributed by atoms with Crippen molar-refractivity contribution in [3.63, 3.8) is 0 Å². The van der Waals surface area contributed by atoms with E-state index in [1.807, 2.05) is 13.2 Å². The minimum absolute atomic E-state index is 0.0202. The summed E-state index contributed by atoms with van der Waals surface area (Å²) in [5, 5.41) is 4.13. The van der Waals surface area contributed by atoms with Gasteiger partial charge in [0, 0.05) is 36.9 Å². The van der Waals surface area contributed by atoms with Gasteiger partial charge in [-0.3, -0.25) is 9.48 Å². The summed E-state index contributed by atoms with van der Waals surface area (Å²) in [7, 11) is 1.83. The number of aromatic nitrogens is 4. The third kappa shape index (κ3) is 5.42. The normalized spacial score (nSPS) is 17.8. The van der Waals surface area contributed by atoms with Gasteiger partial charge in [-0.15, -0.1) is 0 Å². The van der Waals surface area contributed by atoms with Crippen LogP contribution in [0.2, 0.25) is 0 Å². The monoisotopic (exact) mass is 453 g/mol. The first-order valence-electron chi connectivity index (χ1n) is 10.7. The number of hydrogen-bond acceptors (Lipinski definition) is 5. The maximum atomic E-state index is 14.1. The Kier molecular flexibility index (Phi) is 6.76. The van der Waals surface area contributed by atoms with Crippen molar-refractivity contribution < 1.29 is 18.3 Å². The Labute approximate surface area is 190 Å². The van der Waals surface area contributed by atoms with Crippen LogP contribution in [0.15, 0.2) is 61.2 Å². The summed E-state index contributed by atoms with van der Waals surface area (Å²) in [6.07, 6.45) is 4.91. The van der Waals surface area contributed by atoms with Crippen LogP contribution in [0.4, 0.5) is 8.78 Å². The molecule has 1 aliphatic heterocycles. The van der Waals surface area contributed by atoms with Crippen LogP contribution in [0.1, 0.15) is 30.9 Å². The molecule has 1 aromatic carbocycles. The van der Waals surface area contributed by atoms with Crippen molar-refractivity contribution in [1.29, 1.82) is 0 Å². The molecule has 0 N–H and O–H groups in total. The second-order valence-electron chi connectivity index (χ2n) is 8.06. The van der Waals surface area contributed by atoms with Gasteiger partial charge in [-0.2, -0.15) is 5.10 Å². The first-order valence-corrected chi connectivity index (χ1v) is 10.7. The number of halogens is 2. The average Bonchev–Trinajstić information content (AvgIpc) is 3.42. The molecule has 3 aromatic rings. The van der Waals surface area contributed by atoms with Gasteiger partial charge in [0.05, 0.1) is 31.1 Å². The van der Waals surface area contributed by atoms with Crippen LogP contribution in [0.25, 0.3) is 11.3 Å². The number of carbonyl (C=O) groups is 1. The highest BCUT2D eigenvalue weighted by atomic mass is 19.1. The van der Waals surface area contributed by atoms with E-state index in [0.29, 0.717) is 42.2 Å². The summed E-state index contributed by atoms with van der Waals surface area (Å²) in [5.74, 6) is -0.299. The fourth-order valence-corrected chi connectivity index (χ4v) is 3.94. The molecule has 172 valence electrons. The third-order valence-electron chi connectivity index (χ3n) is 5.56. The number of likely N-dealkylation sites (tertiary alicyclic amines) is 1. The molecular formula is C24H25F2N5O2. The number of nitrogens with zero attached hydrogens (tertiary/aromatic N) is 5. The van der Waals surface area contributed by atoms with E-state index in [2.05, 4.69) is 21.6 Å². The molecule has 0 radical (unpaired) electrons. The number of amides is 1. The zero-order valence-corrected chi connectivity index (χ0v) is 18.3. The number of carbonyl (C=O) groups excluding carboxylic acids is 1. The SMILES string of the molecule is C=C(CCCOc1cc(-c2cnn(C)c2)ncn1)C(=O)N1CC(F)CC1c1cccc(F)c1. The second kappa shape index (κ2) is 9.89.